The fraction of sp³-hybridized carbons (Fsp3) is 0.833. The first-order chi connectivity index (χ1) is 11.8. The Balaban J connectivity index is 3.13. The lowest BCUT2D eigenvalue weighted by molar-refractivity contribution is -0.121. The maximum Gasteiger partial charge on any atom is 0.221 e. The van der Waals surface area contributed by atoms with Crippen LogP contribution in [0.1, 0.15) is 39.5 Å². The molecule has 0 aromatic carbocycles. The molecule has 0 atom stereocenters. The van der Waals surface area contributed by atoms with Crippen LogP contribution in [0.25, 0.3) is 0 Å². The van der Waals surface area contributed by atoms with E-state index in [0.29, 0.717) is 65.6 Å². The largest absolute Gasteiger partial charge is 0.379 e. The highest BCUT2D eigenvalue weighted by Crippen LogP contribution is 1.87. The van der Waals surface area contributed by atoms with Crippen LogP contribution in [0.15, 0.2) is 0 Å². The van der Waals surface area contributed by atoms with Crippen LogP contribution in [0, 0.1) is 11.8 Å². The van der Waals surface area contributed by atoms with Gasteiger partial charge in [-0.2, -0.15) is 0 Å². The molecule has 0 aromatic rings. The van der Waals surface area contributed by atoms with Crippen LogP contribution < -0.4 is 5.32 Å². The van der Waals surface area contributed by atoms with Gasteiger partial charge in [-0.05, 0) is 6.42 Å². The van der Waals surface area contributed by atoms with Gasteiger partial charge < -0.3 is 24.3 Å². The topological polar surface area (TPSA) is 66.0 Å². The molecule has 140 valence electrons. The molecule has 0 heterocycles. The SMILES string of the molecule is CCC#CCCC(=O)NCCOCCOCCOCCOCCC. The summed E-state index contributed by atoms with van der Waals surface area (Å²) >= 11 is 0. The molecule has 0 bridgehead atoms. The van der Waals surface area contributed by atoms with Gasteiger partial charge in [-0.15, -0.1) is 11.8 Å². The minimum atomic E-state index is 0.0142. The number of ether oxygens (including phenoxy) is 4. The van der Waals surface area contributed by atoms with Crippen molar-refractivity contribution in [3.8, 4) is 11.8 Å². The molecule has 6 heteroatoms. The van der Waals surface area contributed by atoms with Crippen LogP contribution in [-0.4, -0.2) is 65.3 Å². The van der Waals surface area contributed by atoms with E-state index in [1.54, 1.807) is 0 Å². The monoisotopic (exact) mass is 343 g/mol. The molecule has 24 heavy (non-hydrogen) atoms. The Morgan fingerprint density at radius 2 is 1.33 bits per heavy atom. The van der Waals surface area contributed by atoms with Crippen molar-refractivity contribution in [3.63, 3.8) is 0 Å². The first-order valence-electron chi connectivity index (χ1n) is 8.84. The van der Waals surface area contributed by atoms with Crippen molar-refractivity contribution in [2.24, 2.45) is 0 Å². The number of carbonyl (C=O) groups excluding carboxylic acids is 1. The lowest BCUT2D eigenvalue weighted by Crippen LogP contribution is -2.27. The van der Waals surface area contributed by atoms with Crippen LogP contribution in [0.2, 0.25) is 0 Å². The van der Waals surface area contributed by atoms with Crippen molar-refractivity contribution in [3.05, 3.63) is 0 Å². The summed E-state index contributed by atoms with van der Waals surface area (Å²) in [5, 5.41) is 2.79. The molecule has 1 amide bonds. The summed E-state index contributed by atoms with van der Waals surface area (Å²) in [7, 11) is 0. The number of nitrogens with one attached hydrogen (secondary N) is 1. The van der Waals surface area contributed by atoms with E-state index >= 15 is 0 Å². The molecule has 0 rings (SSSR count). The molecule has 0 spiro atoms. The third kappa shape index (κ3) is 18.9. The number of carbonyl (C=O) groups is 1. The predicted molar refractivity (Wildman–Crippen MR) is 93.9 cm³/mol. The minimum absolute atomic E-state index is 0.0142. The Hall–Kier alpha value is -1.13. The number of amides is 1. The average Bonchev–Trinajstić information content (AvgIpc) is 2.59. The zero-order valence-electron chi connectivity index (χ0n) is 15.2. The number of hydrogen-bond acceptors (Lipinski definition) is 5. The third-order valence-corrected chi connectivity index (χ3v) is 2.81. The second kappa shape index (κ2) is 19.9. The molecule has 0 unspecified atom stereocenters. The summed E-state index contributed by atoms with van der Waals surface area (Å²) in [5.41, 5.74) is 0. The van der Waals surface area contributed by atoms with Gasteiger partial charge in [-0.25, -0.2) is 0 Å². The Morgan fingerprint density at radius 3 is 1.88 bits per heavy atom. The Bertz CT molecular complexity index is 338. The molecule has 0 aliphatic heterocycles. The summed E-state index contributed by atoms with van der Waals surface area (Å²) in [6.07, 6.45) is 2.91. The Kier molecular flexibility index (Phi) is 19.0. The Labute approximate surface area is 146 Å². The first-order valence-corrected chi connectivity index (χ1v) is 8.84. The Morgan fingerprint density at radius 1 is 0.792 bits per heavy atom. The molecule has 0 aromatic heterocycles. The summed E-state index contributed by atoms with van der Waals surface area (Å²) in [6.45, 7) is 9.23. The highest BCUT2D eigenvalue weighted by molar-refractivity contribution is 5.76. The van der Waals surface area contributed by atoms with E-state index in [2.05, 4.69) is 24.1 Å². The molecule has 0 saturated carbocycles. The maximum atomic E-state index is 11.4. The van der Waals surface area contributed by atoms with Crippen LogP contribution >= 0.6 is 0 Å². The van der Waals surface area contributed by atoms with Crippen LogP contribution in [-0.2, 0) is 23.7 Å². The molecular weight excluding hydrogens is 310 g/mol. The standard InChI is InChI=1S/C18H33NO5/c1-3-5-6-7-8-18(20)19-9-11-22-13-15-24-17-16-23-14-12-21-10-4-2/h3-4,7-17H2,1-2H3,(H,19,20). The lowest BCUT2D eigenvalue weighted by atomic mass is 10.3. The van der Waals surface area contributed by atoms with Gasteiger partial charge in [0, 0.05) is 32.4 Å². The average molecular weight is 343 g/mol. The summed E-state index contributed by atoms with van der Waals surface area (Å²) in [6, 6.07) is 0. The predicted octanol–water partition coefficient (Wildman–Crippen LogP) is 1.77. The molecule has 0 radical (unpaired) electrons. The highest BCUT2D eigenvalue weighted by atomic mass is 16.6. The summed E-state index contributed by atoms with van der Waals surface area (Å²) < 4.78 is 21.4. The quantitative estimate of drug-likeness (QED) is 0.342. The van der Waals surface area contributed by atoms with Crippen molar-refractivity contribution in [1.82, 2.24) is 5.32 Å². The van der Waals surface area contributed by atoms with Gasteiger partial charge in [0.15, 0.2) is 0 Å². The highest BCUT2D eigenvalue weighted by Gasteiger charge is 1.98. The van der Waals surface area contributed by atoms with Gasteiger partial charge in [-0.1, -0.05) is 13.8 Å². The summed E-state index contributed by atoms with van der Waals surface area (Å²) in [4.78, 5) is 11.4. The van der Waals surface area contributed by atoms with Crippen molar-refractivity contribution in [1.29, 1.82) is 0 Å². The summed E-state index contributed by atoms with van der Waals surface area (Å²) in [5.74, 6) is 5.90. The van der Waals surface area contributed by atoms with E-state index in [9.17, 15) is 4.79 Å². The van der Waals surface area contributed by atoms with Crippen molar-refractivity contribution in [2.75, 3.05) is 59.4 Å². The molecule has 0 aliphatic rings. The van der Waals surface area contributed by atoms with Crippen molar-refractivity contribution >= 4 is 5.91 Å². The van der Waals surface area contributed by atoms with Gasteiger partial charge in [0.2, 0.25) is 5.91 Å². The molecule has 6 nitrogen and oxygen atoms in total. The van der Waals surface area contributed by atoms with Gasteiger partial charge in [0.05, 0.1) is 46.2 Å². The van der Waals surface area contributed by atoms with E-state index < -0.39 is 0 Å². The zero-order valence-corrected chi connectivity index (χ0v) is 15.2. The molecule has 1 N–H and O–H groups in total. The van der Waals surface area contributed by atoms with E-state index in [4.69, 9.17) is 18.9 Å². The van der Waals surface area contributed by atoms with Gasteiger partial charge in [0.1, 0.15) is 0 Å². The van der Waals surface area contributed by atoms with Crippen molar-refractivity contribution in [2.45, 2.75) is 39.5 Å². The maximum absolute atomic E-state index is 11.4. The van der Waals surface area contributed by atoms with Gasteiger partial charge in [-0.3, -0.25) is 4.79 Å². The lowest BCUT2D eigenvalue weighted by Gasteiger charge is -2.07. The molecule has 0 fully saturated rings. The molecule has 0 aliphatic carbocycles. The number of rotatable bonds is 16. The second-order valence-corrected chi connectivity index (χ2v) is 5.01. The fourth-order valence-corrected chi connectivity index (χ4v) is 1.65. The smallest absolute Gasteiger partial charge is 0.221 e. The fourth-order valence-electron chi connectivity index (χ4n) is 1.65. The van der Waals surface area contributed by atoms with E-state index in [-0.39, 0.29) is 5.91 Å². The first kappa shape index (κ1) is 22.9. The molecular formula is C18H33NO5. The zero-order chi connectivity index (χ0) is 17.7. The minimum Gasteiger partial charge on any atom is -0.379 e. The van der Waals surface area contributed by atoms with Gasteiger partial charge >= 0.3 is 0 Å². The van der Waals surface area contributed by atoms with Crippen LogP contribution in [0.3, 0.4) is 0 Å². The van der Waals surface area contributed by atoms with E-state index in [1.165, 1.54) is 0 Å². The van der Waals surface area contributed by atoms with Crippen LogP contribution in [0.5, 0.6) is 0 Å². The third-order valence-electron chi connectivity index (χ3n) is 2.81. The normalized spacial score (nSPS) is 10.2. The van der Waals surface area contributed by atoms with E-state index in [0.717, 1.165) is 19.4 Å². The van der Waals surface area contributed by atoms with Crippen molar-refractivity contribution < 1.29 is 23.7 Å². The van der Waals surface area contributed by atoms with Gasteiger partial charge in [0.25, 0.3) is 0 Å². The van der Waals surface area contributed by atoms with Crippen LogP contribution in [0.4, 0.5) is 0 Å². The number of hydrogen-bond donors (Lipinski definition) is 1. The second-order valence-electron chi connectivity index (χ2n) is 5.01. The molecule has 0 saturated heterocycles. The van der Waals surface area contributed by atoms with E-state index in [1.807, 2.05) is 6.92 Å².